The van der Waals surface area contributed by atoms with Gasteiger partial charge in [-0.25, -0.2) is 4.98 Å². The van der Waals surface area contributed by atoms with Gasteiger partial charge in [0, 0.05) is 11.8 Å². The summed E-state index contributed by atoms with van der Waals surface area (Å²) in [5.74, 6) is 1.73. The molecule has 94 valence electrons. The van der Waals surface area contributed by atoms with Crippen LogP contribution in [0.15, 0.2) is 30.5 Å². The molecule has 0 saturated heterocycles. The Balaban J connectivity index is 2.30. The Kier molecular flexibility index (Phi) is 3.62. The molecule has 0 aliphatic carbocycles. The van der Waals surface area contributed by atoms with Gasteiger partial charge in [0.05, 0.1) is 12.3 Å². The van der Waals surface area contributed by atoms with Crippen LogP contribution >= 0.6 is 0 Å². The van der Waals surface area contributed by atoms with Gasteiger partial charge in [-0.3, -0.25) is 0 Å². The van der Waals surface area contributed by atoms with E-state index in [1.165, 1.54) is 0 Å². The van der Waals surface area contributed by atoms with Gasteiger partial charge in [-0.2, -0.15) is 4.98 Å². The highest BCUT2D eigenvalue weighted by Crippen LogP contribution is 2.27. The molecule has 5 nitrogen and oxygen atoms in total. The number of nitrogens with two attached hydrogens (primary N) is 1. The molecule has 0 bridgehead atoms. The fourth-order valence-corrected chi connectivity index (χ4v) is 1.56. The van der Waals surface area contributed by atoms with Crippen molar-refractivity contribution in [2.45, 2.75) is 13.8 Å². The topological polar surface area (TPSA) is 73.1 Å². The number of nitrogens with one attached hydrogen (secondary N) is 1. The van der Waals surface area contributed by atoms with Gasteiger partial charge in [-0.1, -0.05) is 12.1 Å². The summed E-state index contributed by atoms with van der Waals surface area (Å²) in [5.41, 5.74) is 7.37. The second kappa shape index (κ2) is 5.35. The van der Waals surface area contributed by atoms with E-state index in [0.29, 0.717) is 12.4 Å². The van der Waals surface area contributed by atoms with Crippen LogP contribution in [0.4, 0.5) is 17.5 Å². The molecule has 1 aromatic carbocycles. The first-order chi connectivity index (χ1) is 8.70. The molecule has 0 spiro atoms. The standard InChI is InChI=1S/C13H16N4O/c1-3-18-11-7-5-4-6-10(11)16-12-9(2)8-15-13(14)17-12/h4-8H,3H2,1-2H3,(H3,14,15,16,17). The fraction of sp³-hybridized carbons (Fsp3) is 0.231. The molecule has 1 aromatic heterocycles. The molecule has 3 N–H and O–H groups in total. The number of anilines is 3. The summed E-state index contributed by atoms with van der Waals surface area (Å²) in [4.78, 5) is 8.10. The molecule has 0 unspecified atom stereocenters. The third-order valence-corrected chi connectivity index (χ3v) is 2.43. The highest BCUT2D eigenvalue weighted by atomic mass is 16.5. The van der Waals surface area contributed by atoms with Crippen molar-refractivity contribution in [3.05, 3.63) is 36.0 Å². The molecule has 0 amide bonds. The summed E-state index contributed by atoms with van der Waals surface area (Å²) in [6, 6.07) is 7.70. The first-order valence-corrected chi connectivity index (χ1v) is 5.78. The molecular formula is C13H16N4O. The van der Waals surface area contributed by atoms with Crippen molar-refractivity contribution in [1.82, 2.24) is 9.97 Å². The van der Waals surface area contributed by atoms with Crippen LogP contribution in [0.3, 0.4) is 0 Å². The van der Waals surface area contributed by atoms with Crippen molar-refractivity contribution >= 4 is 17.5 Å². The second-order valence-electron chi connectivity index (χ2n) is 3.81. The number of hydrogen-bond donors (Lipinski definition) is 2. The summed E-state index contributed by atoms with van der Waals surface area (Å²) in [5, 5.41) is 3.21. The van der Waals surface area contributed by atoms with E-state index in [4.69, 9.17) is 10.5 Å². The first kappa shape index (κ1) is 12.2. The Morgan fingerprint density at radius 3 is 2.89 bits per heavy atom. The van der Waals surface area contributed by atoms with Crippen LogP contribution in [0, 0.1) is 6.92 Å². The second-order valence-corrected chi connectivity index (χ2v) is 3.81. The zero-order chi connectivity index (χ0) is 13.0. The molecule has 2 aromatic rings. The number of benzene rings is 1. The predicted octanol–water partition coefficient (Wildman–Crippen LogP) is 2.51. The molecule has 0 aliphatic heterocycles. The minimum atomic E-state index is 0.247. The largest absolute Gasteiger partial charge is 0.492 e. The molecule has 2 rings (SSSR count). The lowest BCUT2D eigenvalue weighted by Gasteiger charge is -2.13. The number of ether oxygens (including phenoxy) is 1. The number of para-hydroxylation sites is 2. The minimum Gasteiger partial charge on any atom is -0.492 e. The predicted molar refractivity (Wildman–Crippen MR) is 72.1 cm³/mol. The van der Waals surface area contributed by atoms with Crippen LogP contribution in [0.5, 0.6) is 5.75 Å². The van der Waals surface area contributed by atoms with Gasteiger partial charge < -0.3 is 15.8 Å². The van der Waals surface area contributed by atoms with Crippen molar-refractivity contribution in [1.29, 1.82) is 0 Å². The lowest BCUT2D eigenvalue weighted by Crippen LogP contribution is -2.03. The summed E-state index contributed by atoms with van der Waals surface area (Å²) < 4.78 is 5.54. The van der Waals surface area contributed by atoms with Gasteiger partial charge >= 0.3 is 0 Å². The molecule has 0 atom stereocenters. The highest BCUT2D eigenvalue weighted by Gasteiger charge is 2.06. The van der Waals surface area contributed by atoms with E-state index < -0.39 is 0 Å². The molecular weight excluding hydrogens is 228 g/mol. The van der Waals surface area contributed by atoms with Gasteiger partial charge in [0.25, 0.3) is 0 Å². The molecule has 0 radical (unpaired) electrons. The van der Waals surface area contributed by atoms with Crippen LogP contribution < -0.4 is 15.8 Å². The Morgan fingerprint density at radius 2 is 2.11 bits per heavy atom. The first-order valence-electron chi connectivity index (χ1n) is 5.78. The van der Waals surface area contributed by atoms with Gasteiger partial charge in [0.2, 0.25) is 5.95 Å². The third kappa shape index (κ3) is 2.68. The molecule has 0 fully saturated rings. The fourth-order valence-electron chi connectivity index (χ4n) is 1.56. The smallest absolute Gasteiger partial charge is 0.221 e. The summed E-state index contributed by atoms with van der Waals surface area (Å²) in [7, 11) is 0. The molecule has 0 saturated carbocycles. The normalized spacial score (nSPS) is 10.1. The molecule has 5 heteroatoms. The van der Waals surface area contributed by atoms with Crippen molar-refractivity contribution in [2.24, 2.45) is 0 Å². The van der Waals surface area contributed by atoms with E-state index in [0.717, 1.165) is 17.0 Å². The van der Waals surface area contributed by atoms with Gasteiger partial charge in [-0.05, 0) is 26.0 Å². The Labute approximate surface area is 106 Å². The number of hydrogen-bond acceptors (Lipinski definition) is 5. The number of nitrogen functional groups attached to an aromatic ring is 1. The maximum absolute atomic E-state index is 5.58. The summed E-state index contributed by atoms with van der Waals surface area (Å²) in [6.07, 6.45) is 1.69. The van der Waals surface area contributed by atoms with E-state index in [2.05, 4.69) is 15.3 Å². The van der Waals surface area contributed by atoms with Crippen LogP contribution in [0.25, 0.3) is 0 Å². The zero-order valence-corrected chi connectivity index (χ0v) is 10.5. The van der Waals surface area contributed by atoms with Crippen LogP contribution in [0.2, 0.25) is 0 Å². The lowest BCUT2D eigenvalue weighted by molar-refractivity contribution is 0.342. The number of rotatable bonds is 4. The van der Waals surface area contributed by atoms with Crippen LogP contribution in [-0.4, -0.2) is 16.6 Å². The third-order valence-electron chi connectivity index (χ3n) is 2.43. The highest BCUT2D eigenvalue weighted by molar-refractivity contribution is 5.66. The number of nitrogens with zero attached hydrogens (tertiary/aromatic N) is 2. The van der Waals surface area contributed by atoms with Gasteiger partial charge in [0.15, 0.2) is 0 Å². The SMILES string of the molecule is CCOc1ccccc1Nc1nc(N)ncc1C. The number of aromatic nitrogens is 2. The summed E-state index contributed by atoms with van der Waals surface area (Å²) >= 11 is 0. The Morgan fingerprint density at radius 1 is 1.33 bits per heavy atom. The average molecular weight is 244 g/mol. The average Bonchev–Trinajstić information content (AvgIpc) is 2.36. The Hall–Kier alpha value is -2.30. The minimum absolute atomic E-state index is 0.247. The number of aryl methyl sites for hydroxylation is 1. The van der Waals surface area contributed by atoms with Crippen molar-refractivity contribution in [3.8, 4) is 5.75 Å². The van der Waals surface area contributed by atoms with E-state index >= 15 is 0 Å². The van der Waals surface area contributed by atoms with E-state index in [-0.39, 0.29) is 5.95 Å². The van der Waals surface area contributed by atoms with Gasteiger partial charge in [0.1, 0.15) is 11.6 Å². The van der Waals surface area contributed by atoms with E-state index in [1.807, 2.05) is 38.1 Å². The monoisotopic (exact) mass is 244 g/mol. The molecule has 1 heterocycles. The van der Waals surface area contributed by atoms with E-state index in [1.54, 1.807) is 6.20 Å². The van der Waals surface area contributed by atoms with Crippen LogP contribution in [0.1, 0.15) is 12.5 Å². The quantitative estimate of drug-likeness (QED) is 0.864. The Bertz CT molecular complexity index is 542. The lowest BCUT2D eigenvalue weighted by atomic mass is 10.2. The van der Waals surface area contributed by atoms with E-state index in [9.17, 15) is 0 Å². The van der Waals surface area contributed by atoms with Crippen molar-refractivity contribution in [3.63, 3.8) is 0 Å². The summed E-state index contributed by atoms with van der Waals surface area (Å²) in [6.45, 7) is 4.49. The van der Waals surface area contributed by atoms with Gasteiger partial charge in [-0.15, -0.1) is 0 Å². The van der Waals surface area contributed by atoms with Crippen LogP contribution in [-0.2, 0) is 0 Å². The van der Waals surface area contributed by atoms with Crippen molar-refractivity contribution < 1.29 is 4.74 Å². The maximum atomic E-state index is 5.58. The molecule has 0 aliphatic rings. The molecule has 18 heavy (non-hydrogen) atoms. The van der Waals surface area contributed by atoms with Crippen molar-refractivity contribution in [2.75, 3.05) is 17.7 Å². The zero-order valence-electron chi connectivity index (χ0n) is 10.5. The maximum Gasteiger partial charge on any atom is 0.221 e.